The van der Waals surface area contributed by atoms with Crippen molar-refractivity contribution in [1.82, 2.24) is 14.9 Å². The van der Waals surface area contributed by atoms with Gasteiger partial charge in [-0.15, -0.1) is 0 Å². The maximum Gasteiger partial charge on any atom is 0.356 e. The lowest BCUT2D eigenvalue weighted by molar-refractivity contribution is -0.130. The molecule has 7 heteroatoms. The minimum atomic E-state index is -1.10. The number of benzene rings is 1. The van der Waals surface area contributed by atoms with Crippen LogP contribution in [-0.4, -0.2) is 51.0 Å². The van der Waals surface area contributed by atoms with E-state index in [4.69, 9.17) is 5.11 Å². The summed E-state index contributed by atoms with van der Waals surface area (Å²) >= 11 is 0. The van der Waals surface area contributed by atoms with E-state index in [1.807, 2.05) is 35.2 Å². The van der Waals surface area contributed by atoms with Crippen molar-refractivity contribution in [3.63, 3.8) is 0 Å². The molecule has 7 nitrogen and oxygen atoms in total. The first-order chi connectivity index (χ1) is 12.1. The van der Waals surface area contributed by atoms with Crippen LogP contribution in [-0.2, 0) is 11.2 Å². The number of anilines is 1. The Hall–Kier alpha value is -2.96. The van der Waals surface area contributed by atoms with Gasteiger partial charge in [0, 0.05) is 25.6 Å². The van der Waals surface area contributed by atoms with Crippen molar-refractivity contribution in [1.29, 1.82) is 0 Å². The first kappa shape index (κ1) is 16.9. The lowest BCUT2D eigenvalue weighted by Gasteiger charge is -2.17. The van der Waals surface area contributed by atoms with Crippen molar-refractivity contribution in [3.8, 4) is 0 Å². The zero-order valence-electron chi connectivity index (χ0n) is 13.8. The van der Waals surface area contributed by atoms with Crippen molar-refractivity contribution in [2.45, 2.75) is 25.3 Å². The molecule has 0 bridgehead atoms. The zero-order chi connectivity index (χ0) is 17.6. The van der Waals surface area contributed by atoms with E-state index in [-0.39, 0.29) is 17.6 Å². The third-order valence-corrected chi connectivity index (χ3v) is 4.23. The molecule has 2 heterocycles. The van der Waals surface area contributed by atoms with Gasteiger partial charge in [0.25, 0.3) is 0 Å². The lowest BCUT2D eigenvalue weighted by Crippen LogP contribution is -2.31. The van der Waals surface area contributed by atoms with E-state index in [1.165, 1.54) is 18.0 Å². The van der Waals surface area contributed by atoms with Crippen LogP contribution in [0.2, 0.25) is 0 Å². The Morgan fingerprint density at radius 2 is 2.00 bits per heavy atom. The number of rotatable bonds is 6. The van der Waals surface area contributed by atoms with E-state index in [2.05, 4.69) is 15.3 Å². The van der Waals surface area contributed by atoms with Gasteiger partial charge in [-0.25, -0.2) is 14.8 Å². The van der Waals surface area contributed by atoms with Crippen LogP contribution in [0.15, 0.2) is 42.7 Å². The molecule has 3 rings (SSSR count). The van der Waals surface area contributed by atoms with Gasteiger partial charge in [-0.05, 0) is 18.4 Å². The molecule has 1 aromatic carbocycles. The lowest BCUT2D eigenvalue weighted by atomic mass is 10.1. The van der Waals surface area contributed by atoms with Gasteiger partial charge in [0.15, 0.2) is 5.69 Å². The summed E-state index contributed by atoms with van der Waals surface area (Å²) < 4.78 is 0. The minimum absolute atomic E-state index is 0.0883. The molecule has 2 aromatic rings. The Morgan fingerprint density at radius 1 is 1.20 bits per heavy atom. The highest BCUT2D eigenvalue weighted by atomic mass is 16.4. The van der Waals surface area contributed by atoms with Gasteiger partial charge in [-0.1, -0.05) is 30.3 Å². The third kappa shape index (κ3) is 4.53. The number of carbonyl (C=O) groups excluding carboxylic acids is 1. The molecule has 130 valence electrons. The molecule has 2 N–H and O–H groups in total. The van der Waals surface area contributed by atoms with E-state index in [9.17, 15) is 9.59 Å². The van der Waals surface area contributed by atoms with E-state index in [1.54, 1.807) is 0 Å². The minimum Gasteiger partial charge on any atom is -0.476 e. The number of hydrogen-bond acceptors (Lipinski definition) is 5. The van der Waals surface area contributed by atoms with E-state index in [0.717, 1.165) is 12.8 Å². The maximum atomic E-state index is 12.3. The largest absolute Gasteiger partial charge is 0.476 e. The topological polar surface area (TPSA) is 95.4 Å². The SMILES string of the molecule is O=C(O)c1cnc(NC2CCN(C(=O)CCc3ccccc3)C2)cn1. The number of nitrogens with zero attached hydrogens (tertiary/aromatic N) is 3. The van der Waals surface area contributed by atoms with Crippen LogP contribution in [0.3, 0.4) is 0 Å². The quantitative estimate of drug-likeness (QED) is 0.833. The summed E-state index contributed by atoms with van der Waals surface area (Å²) in [6.45, 7) is 1.34. The Bertz CT molecular complexity index is 734. The number of amides is 1. The van der Waals surface area contributed by atoms with Crippen LogP contribution < -0.4 is 5.32 Å². The number of aryl methyl sites for hydroxylation is 1. The molecule has 1 aliphatic rings. The van der Waals surface area contributed by atoms with Crippen molar-refractivity contribution < 1.29 is 14.7 Å². The Morgan fingerprint density at radius 3 is 2.68 bits per heavy atom. The van der Waals surface area contributed by atoms with Crippen molar-refractivity contribution >= 4 is 17.7 Å². The highest BCUT2D eigenvalue weighted by Gasteiger charge is 2.26. The van der Waals surface area contributed by atoms with Crippen LogP contribution >= 0.6 is 0 Å². The summed E-state index contributed by atoms with van der Waals surface area (Å²) in [5.74, 6) is -0.427. The molecule has 1 fully saturated rings. The standard InChI is InChI=1S/C18H20N4O3/c23-17(7-6-13-4-2-1-3-5-13)22-9-8-14(12-22)21-16-11-19-15(10-20-16)18(24)25/h1-5,10-11,14H,6-9,12H2,(H,20,21)(H,24,25). The predicted molar refractivity (Wildman–Crippen MR) is 92.4 cm³/mol. The fraction of sp³-hybridized carbons (Fsp3) is 0.333. The molecule has 0 aliphatic carbocycles. The summed E-state index contributed by atoms with van der Waals surface area (Å²) in [5.41, 5.74) is 1.08. The molecular weight excluding hydrogens is 320 g/mol. The fourth-order valence-electron chi connectivity index (χ4n) is 2.88. The predicted octanol–water partition coefficient (Wildman–Crippen LogP) is 1.82. The second-order valence-corrected chi connectivity index (χ2v) is 6.05. The average Bonchev–Trinajstić information content (AvgIpc) is 3.09. The van der Waals surface area contributed by atoms with Crippen LogP contribution in [0.1, 0.15) is 28.9 Å². The van der Waals surface area contributed by atoms with Crippen molar-refractivity contribution in [2.75, 3.05) is 18.4 Å². The van der Waals surface area contributed by atoms with Gasteiger partial charge in [-0.2, -0.15) is 0 Å². The average molecular weight is 340 g/mol. The number of carboxylic acids is 1. The second kappa shape index (κ2) is 7.74. The summed E-state index contributed by atoms with van der Waals surface area (Å²) in [5, 5.41) is 12.0. The Balaban J connectivity index is 1.47. The van der Waals surface area contributed by atoms with Gasteiger partial charge >= 0.3 is 5.97 Å². The third-order valence-electron chi connectivity index (χ3n) is 4.23. The number of carboxylic acid groups (broad SMARTS) is 1. The smallest absolute Gasteiger partial charge is 0.356 e. The second-order valence-electron chi connectivity index (χ2n) is 6.05. The number of aromatic carboxylic acids is 1. The summed E-state index contributed by atoms with van der Waals surface area (Å²) in [7, 11) is 0. The molecule has 25 heavy (non-hydrogen) atoms. The molecule has 1 saturated heterocycles. The highest BCUT2D eigenvalue weighted by Crippen LogP contribution is 2.16. The van der Waals surface area contributed by atoms with Gasteiger partial charge in [0.1, 0.15) is 5.82 Å². The number of carbonyl (C=O) groups is 2. The molecule has 1 aromatic heterocycles. The normalized spacial score (nSPS) is 16.6. The van der Waals surface area contributed by atoms with Gasteiger partial charge in [-0.3, -0.25) is 4.79 Å². The van der Waals surface area contributed by atoms with Gasteiger partial charge in [0.05, 0.1) is 12.4 Å². The molecule has 1 atom stereocenters. The summed E-state index contributed by atoms with van der Waals surface area (Å²) in [6, 6.07) is 10.1. The zero-order valence-corrected chi connectivity index (χ0v) is 13.8. The van der Waals surface area contributed by atoms with E-state index >= 15 is 0 Å². The highest BCUT2D eigenvalue weighted by molar-refractivity contribution is 5.84. The van der Waals surface area contributed by atoms with Crippen molar-refractivity contribution in [2.24, 2.45) is 0 Å². The van der Waals surface area contributed by atoms with Gasteiger partial charge < -0.3 is 15.3 Å². The number of hydrogen-bond donors (Lipinski definition) is 2. The van der Waals surface area contributed by atoms with E-state index < -0.39 is 5.97 Å². The molecule has 1 aliphatic heterocycles. The summed E-state index contributed by atoms with van der Waals surface area (Å²) in [4.78, 5) is 32.9. The molecular formula is C18H20N4O3. The van der Waals surface area contributed by atoms with Crippen LogP contribution in [0, 0.1) is 0 Å². The molecule has 1 unspecified atom stereocenters. The summed E-state index contributed by atoms with van der Waals surface area (Å²) in [6.07, 6.45) is 4.71. The first-order valence-electron chi connectivity index (χ1n) is 8.25. The number of nitrogens with one attached hydrogen (secondary N) is 1. The van der Waals surface area contributed by atoms with Crippen LogP contribution in [0.4, 0.5) is 5.82 Å². The molecule has 1 amide bonds. The molecule has 0 spiro atoms. The fourth-order valence-corrected chi connectivity index (χ4v) is 2.88. The Kier molecular flexibility index (Phi) is 5.23. The Labute approximate surface area is 145 Å². The number of likely N-dealkylation sites (tertiary alicyclic amines) is 1. The molecule has 0 radical (unpaired) electrons. The van der Waals surface area contributed by atoms with Gasteiger partial charge in [0.2, 0.25) is 5.91 Å². The maximum absolute atomic E-state index is 12.3. The van der Waals surface area contributed by atoms with Crippen LogP contribution in [0.25, 0.3) is 0 Å². The molecule has 0 saturated carbocycles. The number of aromatic nitrogens is 2. The van der Waals surface area contributed by atoms with Crippen LogP contribution in [0.5, 0.6) is 0 Å². The van der Waals surface area contributed by atoms with E-state index in [0.29, 0.717) is 25.3 Å². The monoisotopic (exact) mass is 340 g/mol. The van der Waals surface area contributed by atoms with Crippen molar-refractivity contribution in [3.05, 3.63) is 54.0 Å². The first-order valence-corrected chi connectivity index (χ1v) is 8.25.